The van der Waals surface area contributed by atoms with E-state index in [4.69, 9.17) is 0 Å². The molecule has 1 aromatic heterocycles. The molecule has 4 rings (SSSR count). The van der Waals surface area contributed by atoms with E-state index in [9.17, 15) is 22.8 Å². The normalized spacial score (nSPS) is 14.6. The maximum absolute atomic E-state index is 12.9. The van der Waals surface area contributed by atoms with Crippen molar-refractivity contribution in [3.63, 3.8) is 0 Å². The molecule has 1 fully saturated rings. The number of thiazole rings is 1. The smallest absolute Gasteiger partial charge is 0.324 e. The average molecular weight is 489 g/mol. The van der Waals surface area contributed by atoms with Crippen LogP contribution in [0, 0.1) is 5.92 Å². The Balaban J connectivity index is 1.27. The van der Waals surface area contributed by atoms with Crippen LogP contribution in [0.2, 0.25) is 0 Å². The van der Waals surface area contributed by atoms with Gasteiger partial charge in [0.05, 0.1) is 5.56 Å². The highest BCUT2D eigenvalue weighted by Gasteiger charge is 2.30. The number of anilines is 2. The number of nitrogens with one attached hydrogen (secondary N) is 2. The zero-order chi connectivity index (χ0) is 24.1. The molecule has 6 nitrogen and oxygen atoms in total. The van der Waals surface area contributed by atoms with E-state index in [1.54, 1.807) is 17.2 Å². The summed E-state index contributed by atoms with van der Waals surface area (Å²) in [6, 6.07) is 14.2. The van der Waals surface area contributed by atoms with E-state index in [0.29, 0.717) is 43.0 Å². The molecule has 10 heteroatoms. The van der Waals surface area contributed by atoms with Crippen molar-refractivity contribution < 1.29 is 22.8 Å². The van der Waals surface area contributed by atoms with Gasteiger partial charge in [-0.05, 0) is 36.6 Å². The number of benzene rings is 2. The number of aromatic nitrogens is 1. The molecule has 3 aromatic rings. The molecule has 0 spiro atoms. The van der Waals surface area contributed by atoms with Crippen molar-refractivity contribution in [3.8, 4) is 0 Å². The number of nitrogens with zero attached hydrogens (tertiary/aromatic N) is 2. The number of urea groups is 1. The molecule has 1 saturated heterocycles. The van der Waals surface area contributed by atoms with E-state index >= 15 is 0 Å². The Bertz CT molecular complexity index is 1140. The molecule has 0 bridgehead atoms. The molecule has 0 atom stereocenters. The maximum atomic E-state index is 12.9. The van der Waals surface area contributed by atoms with Gasteiger partial charge in [-0.15, -0.1) is 11.3 Å². The molecule has 1 aliphatic rings. The Morgan fingerprint density at radius 3 is 2.47 bits per heavy atom. The number of carbonyl (C=O) groups is 2. The number of halogens is 3. The van der Waals surface area contributed by atoms with Crippen LogP contribution in [-0.2, 0) is 17.4 Å². The van der Waals surface area contributed by atoms with E-state index in [2.05, 4.69) is 15.6 Å². The lowest BCUT2D eigenvalue weighted by Crippen LogP contribution is -2.43. The van der Waals surface area contributed by atoms with Crippen molar-refractivity contribution in [1.82, 2.24) is 9.88 Å². The topological polar surface area (TPSA) is 74.3 Å². The average Bonchev–Trinajstić information content (AvgIpc) is 3.26. The molecule has 2 aromatic carbocycles. The van der Waals surface area contributed by atoms with Crippen LogP contribution in [0.1, 0.15) is 28.8 Å². The fourth-order valence-corrected chi connectivity index (χ4v) is 4.63. The third kappa shape index (κ3) is 6.13. The van der Waals surface area contributed by atoms with Crippen molar-refractivity contribution in [2.75, 3.05) is 23.7 Å². The number of likely N-dealkylation sites (tertiary alicyclic amines) is 1. The van der Waals surface area contributed by atoms with Crippen LogP contribution in [-0.4, -0.2) is 34.9 Å². The van der Waals surface area contributed by atoms with Gasteiger partial charge in [-0.3, -0.25) is 4.79 Å². The first kappa shape index (κ1) is 23.7. The minimum atomic E-state index is -4.39. The fraction of sp³-hybridized carbons (Fsp3) is 0.292. The molecule has 2 heterocycles. The van der Waals surface area contributed by atoms with Crippen LogP contribution in [0.15, 0.2) is 60.8 Å². The van der Waals surface area contributed by atoms with Gasteiger partial charge in [-0.2, -0.15) is 13.2 Å². The summed E-state index contributed by atoms with van der Waals surface area (Å²) in [5.74, 6) is -0.403. The van der Waals surface area contributed by atoms with Gasteiger partial charge < -0.3 is 15.5 Å². The van der Waals surface area contributed by atoms with Crippen molar-refractivity contribution in [3.05, 3.63) is 76.8 Å². The minimum Gasteiger partial charge on any atom is -0.324 e. The van der Waals surface area contributed by atoms with Gasteiger partial charge >= 0.3 is 12.2 Å². The molecule has 0 radical (unpaired) electrons. The summed E-state index contributed by atoms with van der Waals surface area (Å²) < 4.78 is 38.7. The lowest BCUT2D eigenvalue weighted by atomic mass is 9.96. The van der Waals surface area contributed by atoms with Gasteiger partial charge in [0.2, 0.25) is 5.91 Å². The summed E-state index contributed by atoms with van der Waals surface area (Å²) in [5, 5.41) is 6.07. The van der Waals surface area contributed by atoms with Gasteiger partial charge in [0.25, 0.3) is 0 Å². The highest BCUT2D eigenvalue weighted by Crippen LogP contribution is 2.31. The summed E-state index contributed by atoms with van der Waals surface area (Å²) in [6.45, 7) is 0.935. The number of rotatable bonds is 5. The van der Waals surface area contributed by atoms with Crippen molar-refractivity contribution in [2.45, 2.75) is 25.4 Å². The number of carbonyl (C=O) groups excluding carboxylic acids is 2. The predicted molar refractivity (Wildman–Crippen MR) is 125 cm³/mol. The number of amides is 3. The van der Waals surface area contributed by atoms with Crippen LogP contribution in [0.4, 0.5) is 28.8 Å². The quantitative estimate of drug-likeness (QED) is 0.489. The Hall–Kier alpha value is -3.40. The van der Waals surface area contributed by atoms with Crippen LogP contribution in [0.5, 0.6) is 0 Å². The largest absolute Gasteiger partial charge is 0.416 e. The molecule has 2 N–H and O–H groups in total. The van der Waals surface area contributed by atoms with Gasteiger partial charge in [0.1, 0.15) is 0 Å². The first-order valence-electron chi connectivity index (χ1n) is 10.8. The Morgan fingerprint density at radius 1 is 1.03 bits per heavy atom. The molecule has 0 aliphatic carbocycles. The zero-order valence-electron chi connectivity index (χ0n) is 18.1. The monoisotopic (exact) mass is 488 g/mol. The lowest BCUT2D eigenvalue weighted by Gasteiger charge is -2.31. The molecular formula is C24H23F3N4O2S. The first-order valence-corrected chi connectivity index (χ1v) is 11.6. The van der Waals surface area contributed by atoms with Gasteiger partial charge in [-0.25, -0.2) is 9.78 Å². The summed E-state index contributed by atoms with van der Waals surface area (Å²) >= 11 is 1.24. The minimum absolute atomic E-state index is 0.164. The number of piperidine rings is 1. The van der Waals surface area contributed by atoms with Crippen molar-refractivity contribution >= 4 is 34.1 Å². The van der Waals surface area contributed by atoms with Gasteiger partial charge in [0, 0.05) is 42.2 Å². The highest BCUT2D eigenvalue weighted by molar-refractivity contribution is 7.15. The Labute approximate surface area is 198 Å². The van der Waals surface area contributed by atoms with Gasteiger partial charge in [0.15, 0.2) is 5.13 Å². The number of hydrogen-bond acceptors (Lipinski definition) is 4. The SMILES string of the molecule is O=C(Nc1ncc(Cc2cccc(C(F)(F)F)c2)s1)C1CCN(C(=O)Nc2ccccc2)CC1. The third-order valence-corrected chi connectivity index (χ3v) is 6.51. The predicted octanol–water partition coefficient (Wildman–Crippen LogP) is 5.64. The second-order valence-electron chi connectivity index (χ2n) is 8.05. The van der Waals surface area contributed by atoms with Crippen LogP contribution in [0.3, 0.4) is 0 Å². The highest BCUT2D eigenvalue weighted by atomic mass is 32.1. The van der Waals surface area contributed by atoms with E-state index in [1.807, 2.05) is 30.3 Å². The summed E-state index contributed by atoms with van der Waals surface area (Å²) in [4.78, 5) is 31.7. The van der Waals surface area contributed by atoms with E-state index < -0.39 is 11.7 Å². The second kappa shape index (κ2) is 10.3. The number of para-hydroxylation sites is 1. The van der Waals surface area contributed by atoms with Crippen LogP contribution in [0.25, 0.3) is 0 Å². The van der Waals surface area contributed by atoms with E-state index in [1.165, 1.54) is 17.4 Å². The number of alkyl halides is 3. The van der Waals surface area contributed by atoms with E-state index in [-0.39, 0.29) is 17.9 Å². The Kier molecular flexibility index (Phi) is 7.16. The molecule has 34 heavy (non-hydrogen) atoms. The first-order chi connectivity index (χ1) is 16.3. The van der Waals surface area contributed by atoms with Gasteiger partial charge in [-0.1, -0.05) is 36.4 Å². The summed E-state index contributed by atoms with van der Waals surface area (Å²) in [7, 11) is 0. The standard InChI is InChI=1S/C24H23F3N4O2S/c25-24(26,27)18-6-4-5-16(13-18)14-20-15-28-22(34-20)30-21(32)17-9-11-31(12-10-17)23(33)29-19-7-2-1-3-8-19/h1-8,13,15,17H,9-12,14H2,(H,29,33)(H,28,30,32). The van der Waals surface area contributed by atoms with Crippen LogP contribution < -0.4 is 10.6 Å². The molecule has 1 aliphatic heterocycles. The second-order valence-corrected chi connectivity index (χ2v) is 9.17. The van der Waals surface area contributed by atoms with E-state index in [0.717, 1.165) is 22.7 Å². The molecule has 0 unspecified atom stereocenters. The molecule has 178 valence electrons. The summed E-state index contributed by atoms with van der Waals surface area (Å²) in [5.41, 5.74) is 0.557. The number of hydrogen-bond donors (Lipinski definition) is 2. The third-order valence-electron chi connectivity index (χ3n) is 5.59. The lowest BCUT2D eigenvalue weighted by molar-refractivity contribution is -0.137. The zero-order valence-corrected chi connectivity index (χ0v) is 19.0. The molecule has 3 amide bonds. The van der Waals surface area contributed by atoms with Crippen molar-refractivity contribution in [2.24, 2.45) is 5.92 Å². The Morgan fingerprint density at radius 2 is 1.76 bits per heavy atom. The van der Waals surface area contributed by atoms with Crippen LogP contribution >= 0.6 is 11.3 Å². The van der Waals surface area contributed by atoms with Crippen molar-refractivity contribution in [1.29, 1.82) is 0 Å². The fourth-order valence-electron chi connectivity index (χ4n) is 3.78. The molecule has 0 saturated carbocycles. The maximum Gasteiger partial charge on any atom is 0.416 e. The molecular weight excluding hydrogens is 465 g/mol. The summed E-state index contributed by atoms with van der Waals surface area (Å²) in [6.07, 6.45) is -1.45.